The maximum absolute atomic E-state index is 12.3. The lowest BCUT2D eigenvalue weighted by Gasteiger charge is -2.27. The van der Waals surface area contributed by atoms with Crippen molar-refractivity contribution < 1.29 is 24.2 Å². The predicted octanol–water partition coefficient (Wildman–Crippen LogP) is 4.03. The van der Waals surface area contributed by atoms with Gasteiger partial charge in [-0.1, -0.05) is 48.5 Å². The molecule has 0 saturated carbocycles. The van der Waals surface area contributed by atoms with E-state index in [2.05, 4.69) is 22.8 Å². The number of carbonyl (C=O) groups is 2. The number of carboxylic acid groups (broad SMARTS) is 1. The van der Waals surface area contributed by atoms with E-state index in [4.69, 9.17) is 9.47 Å². The van der Waals surface area contributed by atoms with Gasteiger partial charge in [0.25, 0.3) is 0 Å². The van der Waals surface area contributed by atoms with Gasteiger partial charge in [-0.25, -0.2) is 4.79 Å². The van der Waals surface area contributed by atoms with Crippen LogP contribution in [0, 0.1) is 0 Å². The van der Waals surface area contributed by atoms with Crippen LogP contribution in [0.25, 0.3) is 0 Å². The minimum absolute atomic E-state index is 0.0306. The van der Waals surface area contributed by atoms with Crippen LogP contribution in [0.1, 0.15) is 29.2 Å². The van der Waals surface area contributed by atoms with Crippen LogP contribution in [0.5, 0.6) is 11.5 Å². The third-order valence-corrected chi connectivity index (χ3v) is 6.49. The number of amides is 1. The predicted molar refractivity (Wildman–Crippen MR) is 139 cm³/mol. The Morgan fingerprint density at radius 2 is 1.61 bits per heavy atom. The van der Waals surface area contributed by atoms with Gasteiger partial charge in [0.15, 0.2) is 11.5 Å². The molecule has 7 nitrogen and oxygen atoms in total. The number of methoxy groups -OCH3 is 1. The monoisotopic (exact) mass is 488 g/mol. The van der Waals surface area contributed by atoms with Crippen molar-refractivity contribution in [1.82, 2.24) is 5.32 Å². The highest BCUT2D eigenvalue weighted by atomic mass is 16.5. The molecule has 3 N–H and O–H groups in total. The fourth-order valence-corrected chi connectivity index (χ4v) is 4.65. The summed E-state index contributed by atoms with van der Waals surface area (Å²) < 4.78 is 11.6. The number of benzene rings is 3. The molecule has 1 aliphatic carbocycles. The van der Waals surface area contributed by atoms with Gasteiger partial charge in [0.05, 0.1) is 13.7 Å². The van der Waals surface area contributed by atoms with Crippen LogP contribution in [0.3, 0.4) is 0 Å². The number of hydrogen-bond donors (Lipinski definition) is 3. The zero-order valence-corrected chi connectivity index (χ0v) is 20.7. The highest BCUT2D eigenvalue weighted by molar-refractivity contribution is 5.85. The van der Waals surface area contributed by atoms with Gasteiger partial charge in [0.2, 0.25) is 5.91 Å². The second-order valence-corrected chi connectivity index (χ2v) is 9.15. The van der Waals surface area contributed by atoms with Crippen LogP contribution < -0.4 is 20.1 Å². The van der Waals surface area contributed by atoms with Gasteiger partial charge < -0.3 is 25.2 Å². The summed E-state index contributed by atoms with van der Waals surface area (Å²) in [6.07, 6.45) is 2.30. The summed E-state index contributed by atoms with van der Waals surface area (Å²) in [6, 6.07) is 21.5. The maximum atomic E-state index is 12.3. The van der Waals surface area contributed by atoms with Crippen LogP contribution in [0.15, 0.2) is 66.7 Å². The van der Waals surface area contributed by atoms with Crippen molar-refractivity contribution in [2.45, 2.75) is 38.1 Å². The number of carboxylic acids is 1. The highest BCUT2D eigenvalue weighted by Gasteiger charge is 2.44. The molecular formula is C29H32N2O5. The molecule has 3 aromatic carbocycles. The van der Waals surface area contributed by atoms with Crippen molar-refractivity contribution in [3.8, 4) is 11.5 Å². The minimum atomic E-state index is -1.10. The summed E-state index contributed by atoms with van der Waals surface area (Å²) >= 11 is 0. The summed E-state index contributed by atoms with van der Waals surface area (Å²) in [4.78, 5) is 23.4. The molecule has 188 valence electrons. The van der Waals surface area contributed by atoms with Crippen molar-refractivity contribution in [1.29, 1.82) is 0 Å². The number of anilines is 1. The minimum Gasteiger partial charge on any atom is -0.493 e. The van der Waals surface area contributed by atoms with Gasteiger partial charge in [0.1, 0.15) is 5.54 Å². The number of rotatable bonds is 11. The van der Waals surface area contributed by atoms with Gasteiger partial charge in [-0.15, -0.1) is 0 Å². The third-order valence-electron chi connectivity index (χ3n) is 6.49. The van der Waals surface area contributed by atoms with Gasteiger partial charge in [-0.2, -0.15) is 0 Å². The van der Waals surface area contributed by atoms with E-state index in [1.807, 2.05) is 42.5 Å². The zero-order valence-electron chi connectivity index (χ0n) is 20.7. The average molecular weight is 489 g/mol. The standard InChI is InChI=1S/C29H32N2O5/c1-20(32)30-14-12-21-6-5-7-22(16-21)13-15-36-27-17-25(10-11-26(27)35-2)31-29(28(33)34)18-23-8-3-4-9-24(23)19-29/h3-11,16-17,31H,12-15,18-19H2,1-2H3,(H,30,32)(H,33,34). The molecule has 7 heteroatoms. The van der Waals surface area contributed by atoms with Crippen molar-refractivity contribution in [2.24, 2.45) is 0 Å². The van der Waals surface area contributed by atoms with Crippen molar-refractivity contribution in [3.05, 3.63) is 89.0 Å². The molecule has 3 aromatic rings. The Morgan fingerprint density at radius 1 is 0.917 bits per heavy atom. The number of hydrogen-bond acceptors (Lipinski definition) is 5. The van der Waals surface area contributed by atoms with Crippen LogP contribution in [0.4, 0.5) is 5.69 Å². The topological polar surface area (TPSA) is 96.9 Å². The highest BCUT2D eigenvalue weighted by Crippen LogP contribution is 2.36. The molecule has 0 atom stereocenters. The lowest BCUT2D eigenvalue weighted by molar-refractivity contribution is -0.142. The molecule has 0 spiro atoms. The van der Waals surface area contributed by atoms with Gasteiger partial charge in [-0.05, 0) is 40.8 Å². The first-order valence-corrected chi connectivity index (χ1v) is 12.1. The van der Waals surface area contributed by atoms with Crippen LogP contribution in [-0.4, -0.2) is 42.8 Å². The fourth-order valence-electron chi connectivity index (χ4n) is 4.65. The van der Waals surface area contributed by atoms with E-state index < -0.39 is 11.5 Å². The normalized spacial score (nSPS) is 13.5. The maximum Gasteiger partial charge on any atom is 0.330 e. The smallest absolute Gasteiger partial charge is 0.330 e. The third kappa shape index (κ3) is 5.97. The summed E-state index contributed by atoms with van der Waals surface area (Å²) in [6.45, 7) is 2.56. The molecule has 0 heterocycles. The van der Waals surface area contributed by atoms with Crippen molar-refractivity contribution in [2.75, 3.05) is 25.6 Å². The van der Waals surface area contributed by atoms with Crippen LogP contribution >= 0.6 is 0 Å². The Hall–Kier alpha value is -4.00. The number of nitrogens with one attached hydrogen (secondary N) is 2. The molecule has 36 heavy (non-hydrogen) atoms. The lowest BCUT2D eigenvalue weighted by atomic mass is 9.95. The number of aliphatic carboxylic acids is 1. The molecule has 0 radical (unpaired) electrons. The Labute approximate surface area is 211 Å². The lowest BCUT2D eigenvalue weighted by Crippen LogP contribution is -2.47. The van der Waals surface area contributed by atoms with Crippen molar-refractivity contribution in [3.63, 3.8) is 0 Å². The summed E-state index contributed by atoms with van der Waals surface area (Å²) in [5.41, 5.74) is 3.96. The quantitative estimate of drug-likeness (QED) is 0.377. The van der Waals surface area contributed by atoms with Gasteiger partial charge in [0, 0.05) is 44.5 Å². The first kappa shape index (κ1) is 25.1. The molecule has 0 bridgehead atoms. The molecule has 0 unspecified atom stereocenters. The summed E-state index contributed by atoms with van der Waals surface area (Å²) in [5, 5.41) is 16.2. The molecular weight excluding hydrogens is 456 g/mol. The fraction of sp³-hybridized carbons (Fsp3) is 0.310. The molecule has 1 amide bonds. The SMILES string of the molecule is COc1ccc(NC2(C(=O)O)Cc3ccccc3C2)cc1OCCc1cccc(CCNC(C)=O)c1. The summed E-state index contributed by atoms with van der Waals surface area (Å²) in [5.74, 6) is 0.233. The molecule has 0 fully saturated rings. The molecule has 4 rings (SSSR count). The Balaban J connectivity index is 1.42. The number of fused-ring (bicyclic) bond motifs is 1. The first-order chi connectivity index (χ1) is 17.4. The first-order valence-electron chi connectivity index (χ1n) is 12.1. The molecule has 1 aliphatic rings. The van der Waals surface area contributed by atoms with E-state index in [9.17, 15) is 14.7 Å². The van der Waals surface area contributed by atoms with Gasteiger partial charge in [-0.3, -0.25) is 4.79 Å². The van der Waals surface area contributed by atoms with E-state index in [0.717, 1.165) is 28.7 Å². The Kier molecular flexibility index (Phi) is 7.78. The second kappa shape index (κ2) is 11.2. The van der Waals surface area contributed by atoms with Crippen LogP contribution in [-0.2, 0) is 35.3 Å². The molecule has 0 saturated heterocycles. The van der Waals surface area contributed by atoms with Crippen molar-refractivity contribution >= 4 is 17.6 Å². The number of carbonyl (C=O) groups excluding carboxylic acids is 1. The molecule has 0 aliphatic heterocycles. The van der Waals surface area contributed by atoms with E-state index in [1.54, 1.807) is 19.2 Å². The number of ether oxygens (including phenoxy) is 2. The van der Waals surface area contributed by atoms with Crippen LogP contribution in [0.2, 0.25) is 0 Å². The van der Waals surface area contributed by atoms with E-state index in [0.29, 0.717) is 49.6 Å². The second-order valence-electron chi connectivity index (χ2n) is 9.15. The van der Waals surface area contributed by atoms with Gasteiger partial charge >= 0.3 is 5.97 Å². The van der Waals surface area contributed by atoms with E-state index in [-0.39, 0.29) is 5.91 Å². The largest absolute Gasteiger partial charge is 0.493 e. The Morgan fingerprint density at radius 3 is 2.25 bits per heavy atom. The molecule has 0 aromatic heterocycles. The zero-order chi connectivity index (χ0) is 25.5. The van der Waals surface area contributed by atoms with E-state index in [1.165, 1.54) is 6.92 Å². The Bertz CT molecular complexity index is 1210. The summed E-state index contributed by atoms with van der Waals surface area (Å²) in [7, 11) is 1.58. The average Bonchev–Trinajstić information content (AvgIpc) is 3.24. The van der Waals surface area contributed by atoms with E-state index >= 15 is 0 Å².